The number of fused-ring (bicyclic) bond motifs is 1. The Labute approximate surface area is 201 Å². The molecule has 0 saturated heterocycles. The van der Waals surface area contributed by atoms with Crippen molar-refractivity contribution < 1.29 is 24.5 Å². The number of likely N-dealkylation sites (N-methyl/N-ethyl adjacent to an activating group) is 1. The highest BCUT2D eigenvalue weighted by molar-refractivity contribution is 5.98. The van der Waals surface area contributed by atoms with Crippen LogP contribution in [0.5, 0.6) is 5.75 Å². The summed E-state index contributed by atoms with van der Waals surface area (Å²) in [7, 11) is 5.84. The van der Waals surface area contributed by atoms with Gasteiger partial charge in [0, 0.05) is 45.3 Å². The molecule has 1 aliphatic rings. The first-order valence-corrected chi connectivity index (χ1v) is 11.5. The fourth-order valence-electron chi connectivity index (χ4n) is 4.14. The molecule has 2 aromatic carbocycles. The molecule has 0 spiro atoms. The van der Waals surface area contributed by atoms with Gasteiger partial charge >= 0.3 is 5.97 Å². The van der Waals surface area contributed by atoms with Crippen molar-refractivity contribution in [3.8, 4) is 5.75 Å². The molecule has 0 saturated carbocycles. The summed E-state index contributed by atoms with van der Waals surface area (Å²) in [4.78, 5) is 30.3. The lowest BCUT2D eigenvalue weighted by Gasteiger charge is -2.38. The molecule has 1 amide bonds. The number of carbonyl (C=O) groups excluding carboxylic acids is 1. The number of aliphatic hydroxyl groups excluding tert-OH is 1. The zero-order chi connectivity index (χ0) is 25.0. The molecule has 8 nitrogen and oxygen atoms in total. The first-order valence-electron chi connectivity index (χ1n) is 11.5. The smallest absolute Gasteiger partial charge is 0.335 e. The van der Waals surface area contributed by atoms with Gasteiger partial charge in [0.05, 0.1) is 23.8 Å². The van der Waals surface area contributed by atoms with Crippen LogP contribution in [0.3, 0.4) is 0 Å². The third-order valence-corrected chi connectivity index (χ3v) is 6.31. The van der Waals surface area contributed by atoms with Crippen LogP contribution < -0.4 is 9.64 Å². The highest BCUT2D eigenvalue weighted by Crippen LogP contribution is 2.31. The maximum Gasteiger partial charge on any atom is 0.335 e. The Balaban J connectivity index is 1.85. The van der Waals surface area contributed by atoms with Gasteiger partial charge in [0.15, 0.2) is 0 Å². The molecule has 2 N–H and O–H groups in total. The van der Waals surface area contributed by atoms with E-state index in [0.717, 1.165) is 11.3 Å². The number of carbonyl (C=O) groups is 2. The maximum atomic E-state index is 13.4. The van der Waals surface area contributed by atoms with Crippen molar-refractivity contribution in [2.24, 2.45) is 5.92 Å². The number of aliphatic hydroxyl groups is 1. The summed E-state index contributed by atoms with van der Waals surface area (Å²) in [5.74, 6) is -0.515. The molecule has 0 bridgehead atoms. The number of nitrogens with zero attached hydrogens (tertiary/aromatic N) is 3. The van der Waals surface area contributed by atoms with Crippen LogP contribution in [0.1, 0.15) is 40.1 Å². The molecule has 3 rings (SSSR count). The molecule has 1 aliphatic heterocycles. The zero-order valence-electron chi connectivity index (χ0n) is 20.6. The lowest BCUT2D eigenvalue weighted by atomic mass is 9.99. The molecule has 2 aromatic rings. The molecule has 0 aliphatic carbocycles. The van der Waals surface area contributed by atoms with Crippen molar-refractivity contribution in [3.05, 3.63) is 59.2 Å². The number of hydrogen-bond donors (Lipinski definition) is 2. The molecule has 3 atom stereocenters. The zero-order valence-corrected chi connectivity index (χ0v) is 20.6. The van der Waals surface area contributed by atoms with Crippen molar-refractivity contribution in [2.45, 2.75) is 32.5 Å². The highest BCUT2D eigenvalue weighted by Gasteiger charge is 2.33. The van der Waals surface area contributed by atoms with Crippen LogP contribution in [0.4, 0.5) is 5.69 Å². The lowest BCUT2D eigenvalue weighted by Crippen LogP contribution is -2.49. The van der Waals surface area contributed by atoms with Crippen LogP contribution >= 0.6 is 0 Å². The topological polar surface area (TPSA) is 93.6 Å². The number of amides is 1. The van der Waals surface area contributed by atoms with Gasteiger partial charge < -0.3 is 24.7 Å². The van der Waals surface area contributed by atoms with Crippen molar-refractivity contribution in [1.82, 2.24) is 9.80 Å². The van der Waals surface area contributed by atoms with E-state index in [9.17, 15) is 14.7 Å². The number of rotatable bonds is 8. The first kappa shape index (κ1) is 25.5. The fourth-order valence-corrected chi connectivity index (χ4v) is 4.14. The summed E-state index contributed by atoms with van der Waals surface area (Å²) in [6.07, 6.45) is -0.186. The summed E-state index contributed by atoms with van der Waals surface area (Å²) in [6.45, 7) is 5.52. The van der Waals surface area contributed by atoms with Gasteiger partial charge in [0.1, 0.15) is 11.9 Å². The van der Waals surface area contributed by atoms with Crippen molar-refractivity contribution in [3.63, 3.8) is 0 Å². The Morgan fingerprint density at radius 1 is 1.18 bits per heavy atom. The van der Waals surface area contributed by atoms with E-state index in [-0.39, 0.29) is 36.1 Å². The summed E-state index contributed by atoms with van der Waals surface area (Å²) in [5, 5.41) is 18.9. The molecule has 0 radical (unpaired) electrons. The van der Waals surface area contributed by atoms with Gasteiger partial charge in [0.2, 0.25) is 0 Å². The minimum absolute atomic E-state index is 0.0245. The van der Waals surface area contributed by atoms with Crippen LogP contribution in [0.15, 0.2) is 42.5 Å². The van der Waals surface area contributed by atoms with E-state index >= 15 is 0 Å². The van der Waals surface area contributed by atoms with E-state index in [1.807, 2.05) is 63.3 Å². The second-order valence-electron chi connectivity index (χ2n) is 9.40. The average Bonchev–Trinajstić information content (AvgIpc) is 2.80. The third-order valence-electron chi connectivity index (χ3n) is 6.31. The van der Waals surface area contributed by atoms with Crippen molar-refractivity contribution in [1.29, 1.82) is 0 Å². The number of anilines is 1. The van der Waals surface area contributed by atoms with Gasteiger partial charge in [-0.1, -0.05) is 19.1 Å². The SMILES string of the molecule is C[C@H](CO)N1C[C@H](C)[C@@H](CN(C)Cc2ccc(C(=O)O)cc2)Oc2ccc(N(C)C)cc2C1=O. The lowest BCUT2D eigenvalue weighted by molar-refractivity contribution is 0.0341. The highest BCUT2D eigenvalue weighted by atomic mass is 16.5. The van der Waals surface area contributed by atoms with Crippen molar-refractivity contribution in [2.75, 3.05) is 45.7 Å². The third kappa shape index (κ3) is 5.87. The normalized spacial score (nSPS) is 19.1. The number of aromatic carboxylic acids is 1. The second kappa shape index (κ2) is 10.9. The molecule has 184 valence electrons. The van der Waals surface area contributed by atoms with Crippen LogP contribution in [0, 0.1) is 5.92 Å². The van der Waals surface area contributed by atoms with E-state index in [4.69, 9.17) is 9.84 Å². The van der Waals surface area contributed by atoms with E-state index in [0.29, 0.717) is 30.9 Å². The average molecular weight is 470 g/mol. The van der Waals surface area contributed by atoms with E-state index in [1.54, 1.807) is 17.0 Å². The number of benzene rings is 2. The number of ether oxygens (including phenoxy) is 1. The van der Waals surface area contributed by atoms with Gasteiger partial charge in [-0.05, 0) is 49.9 Å². The predicted molar refractivity (Wildman–Crippen MR) is 132 cm³/mol. The summed E-state index contributed by atoms with van der Waals surface area (Å²) >= 11 is 0. The monoisotopic (exact) mass is 469 g/mol. The van der Waals surface area contributed by atoms with Gasteiger partial charge in [-0.2, -0.15) is 0 Å². The second-order valence-corrected chi connectivity index (χ2v) is 9.40. The van der Waals surface area contributed by atoms with E-state index < -0.39 is 5.97 Å². The van der Waals surface area contributed by atoms with Crippen LogP contribution in [-0.4, -0.2) is 84.9 Å². The number of hydrogen-bond acceptors (Lipinski definition) is 6. The van der Waals surface area contributed by atoms with Crippen molar-refractivity contribution >= 4 is 17.6 Å². The molecule has 8 heteroatoms. The fraction of sp³-hybridized carbons (Fsp3) is 0.462. The van der Waals surface area contributed by atoms with Gasteiger partial charge in [-0.15, -0.1) is 0 Å². The van der Waals surface area contributed by atoms with Crippen LogP contribution in [0.25, 0.3) is 0 Å². The summed E-state index contributed by atoms with van der Waals surface area (Å²) in [5.41, 5.74) is 2.67. The molecule has 34 heavy (non-hydrogen) atoms. The molecule has 0 fully saturated rings. The molecular formula is C26H35N3O5. The van der Waals surface area contributed by atoms with Crippen LogP contribution in [-0.2, 0) is 6.54 Å². The largest absolute Gasteiger partial charge is 0.488 e. The maximum absolute atomic E-state index is 13.4. The minimum Gasteiger partial charge on any atom is -0.488 e. The van der Waals surface area contributed by atoms with Gasteiger partial charge in [-0.3, -0.25) is 9.69 Å². The quantitative estimate of drug-likeness (QED) is 0.614. The Bertz CT molecular complexity index is 1010. The molecule has 0 unspecified atom stereocenters. The first-order chi connectivity index (χ1) is 16.1. The number of carboxylic acid groups (broad SMARTS) is 1. The molecule has 0 aromatic heterocycles. The summed E-state index contributed by atoms with van der Waals surface area (Å²) < 4.78 is 6.43. The predicted octanol–water partition coefficient (Wildman–Crippen LogP) is 2.80. The van der Waals surface area contributed by atoms with Gasteiger partial charge in [-0.25, -0.2) is 4.79 Å². The molecule has 1 heterocycles. The summed E-state index contributed by atoms with van der Waals surface area (Å²) in [6, 6.07) is 12.2. The number of carboxylic acids is 1. The Morgan fingerprint density at radius 3 is 2.44 bits per heavy atom. The standard InChI is InChI=1S/C26H35N3O5/c1-17-13-29(18(2)16-30)25(31)22-12-21(27(3)4)10-11-23(22)34-24(17)15-28(5)14-19-6-8-20(9-7-19)26(32)33/h6-12,17-18,24,30H,13-16H2,1-5H3,(H,32,33)/t17-,18+,24+/m0/s1. The van der Waals surface area contributed by atoms with E-state index in [2.05, 4.69) is 11.8 Å². The van der Waals surface area contributed by atoms with E-state index in [1.165, 1.54) is 0 Å². The minimum atomic E-state index is -0.941. The Hall–Kier alpha value is -3.10. The molecular weight excluding hydrogens is 434 g/mol. The Morgan fingerprint density at radius 2 is 1.85 bits per heavy atom. The van der Waals surface area contributed by atoms with Crippen LogP contribution in [0.2, 0.25) is 0 Å². The Kier molecular flexibility index (Phi) is 8.17. The van der Waals surface area contributed by atoms with Gasteiger partial charge in [0.25, 0.3) is 5.91 Å².